The van der Waals surface area contributed by atoms with Gasteiger partial charge in [-0.05, 0) is 175 Å². The normalized spacial score (nSPS) is 9.85. The predicted molar refractivity (Wildman–Crippen MR) is 440 cm³/mol. The molecule has 16 aromatic rings. The van der Waals surface area contributed by atoms with Gasteiger partial charge in [-0.2, -0.15) is 5.26 Å². The molecule has 0 spiro atoms. The molecular formula is C100H92FN. The van der Waals surface area contributed by atoms with Crippen LogP contribution in [0.5, 0.6) is 0 Å². The maximum Gasteiger partial charge on any atom is 0.123 e. The van der Waals surface area contributed by atoms with Crippen LogP contribution < -0.4 is 0 Å². The van der Waals surface area contributed by atoms with Crippen molar-refractivity contribution < 1.29 is 4.39 Å². The highest BCUT2D eigenvalue weighted by atomic mass is 19.1. The number of halogens is 1. The zero-order valence-electron chi connectivity index (χ0n) is 60.4. The number of hydrogen-bond donors (Lipinski definition) is 0. The van der Waals surface area contributed by atoms with E-state index in [0.717, 1.165) is 11.1 Å². The minimum atomic E-state index is -0.171. The van der Waals surface area contributed by atoms with Crippen LogP contribution in [0.25, 0.3) is 76.8 Å². The maximum absolute atomic E-state index is 12.1. The number of rotatable bonds is 4. The minimum Gasteiger partial charge on any atom is -0.207 e. The molecule has 0 unspecified atom stereocenters. The number of benzene rings is 16. The summed E-state index contributed by atoms with van der Waals surface area (Å²) in [6, 6.07) is 137. The van der Waals surface area contributed by atoms with Gasteiger partial charge in [0.25, 0.3) is 0 Å². The topological polar surface area (TPSA) is 23.8 Å². The third-order valence-corrected chi connectivity index (χ3v) is 16.7. The molecule has 0 bridgehead atoms. The number of hydrogen-bond acceptors (Lipinski definition) is 1. The van der Waals surface area contributed by atoms with Crippen LogP contribution >= 0.6 is 0 Å². The van der Waals surface area contributed by atoms with Crippen LogP contribution in [0.1, 0.15) is 55.6 Å². The van der Waals surface area contributed by atoms with E-state index in [1.165, 1.54) is 133 Å². The van der Waals surface area contributed by atoms with Gasteiger partial charge < -0.3 is 0 Å². The van der Waals surface area contributed by atoms with Gasteiger partial charge in [-0.3, -0.25) is 0 Å². The smallest absolute Gasteiger partial charge is 0.123 e. The average molecular weight is 1330 g/mol. The van der Waals surface area contributed by atoms with E-state index in [9.17, 15) is 4.39 Å². The molecule has 0 radical (unpaired) electrons. The van der Waals surface area contributed by atoms with E-state index in [2.05, 4.69) is 364 Å². The van der Waals surface area contributed by atoms with Gasteiger partial charge in [0, 0.05) is 0 Å². The molecule has 0 amide bonds. The van der Waals surface area contributed by atoms with Crippen LogP contribution in [0.2, 0.25) is 0 Å². The highest BCUT2D eigenvalue weighted by Crippen LogP contribution is 2.29. The van der Waals surface area contributed by atoms with E-state index >= 15 is 0 Å². The molecule has 16 rings (SSSR count). The molecule has 0 N–H and O–H groups in total. The molecule has 0 heterocycles. The van der Waals surface area contributed by atoms with Gasteiger partial charge in [0.1, 0.15) is 5.82 Å². The Morgan fingerprint density at radius 2 is 0.529 bits per heavy atom. The van der Waals surface area contributed by atoms with Crippen molar-refractivity contribution in [1.82, 2.24) is 0 Å². The summed E-state index contributed by atoms with van der Waals surface area (Å²) >= 11 is 0. The molecular weight excluding hydrogens is 1230 g/mol. The zero-order chi connectivity index (χ0) is 72.1. The van der Waals surface area contributed by atoms with Crippen molar-refractivity contribution in [2.75, 3.05) is 0 Å². The third kappa shape index (κ3) is 25.5. The first-order chi connectivity index (χ1) is 49.7. The Labute approximate surface area is 606 Å². The number of fused-ring (bicyclic) bond motifs is 3. The van der Waals surface area contributed by atoms with Crippen LogP contribution in [0.4, 0.5) is 4.39 Å². The second-order valence-electron chi connectivity index (χ2n) is 25.1. The fraction of sp³-hybridized carbons (Fsp3) is 0.0900. The van der Waals surface area contributed by atoms with Crippen molar-refractivity contribution >= 4 is 32.3 Å². The Morgan fingerprint density at radius 3 is 1.04 bits per heavy atom. The molecule has 1 nitrogen and oxygen atoms in total. The van der Waals surface area contributed by atoms with Crippen molar-refractivity contribution in [2.24, 2.45) is 0 Å². The highest BCUT2D eigenvalue weighted by molar-refractivity contribution is 5.96. The Morgan fingerprint density at radius 1 is 0.206 bits per heavy atom. The van der Waals surface area contributed by atoms with E-state index in [1.54, 1.807) is 12.1 Å². The fourth-order valence-electron chi connectivity index (χ4n) is 10.9. The predicted octanol–water partition coefficient (Wildman–Crippen LogP) is 28.1. The summed E-state index contributed by atoms with van der Waals surface area (Å²) in [4.78, 5) is 0. The Kier molecular flexibility index (Phi) is 30.5. The molecule has 0 aliphatic carbocycles. The summed E-state index contributed by atoms with van der Waals surface area (Å²) in [6.07, 6.45) is 0. The first-order valence-corrected chi connectivity index (χ1v) is 34.7. The lowest BCUT2D eigenvalue weighted by Crippen LogP contribution is -1.81. The molecule has 102 heavy (non-hydrogen) atoms. The lowest BCUT2D eigenvalue weighted by Gasteiger charge is -2.07. The molecule has 0 fully saturated rings. The molecule has 0 atom stereocenters. The average Bonchev–Trinajstić information content (AvgIpc) is 0.808. The quantitative estimate of drug-likeness (QED) is 0.172. The first-order valence-electron chi connectivity index (χ1n) is 34.7. The first kappa shape index (κ1) is 75.5. The van der Waals surface area contributed by atoms with Crippen LogP contribution in [-0.4, -0.2) is 0 Å². The van der Waals surface area contributed by atoms with Crippen LogP contribution in [0.3, 0.4) is 0 Å². The molecule has 16 aromatic carbocycles. The van der Waals surface area contributed by atoms with Crippen molar-refractivity contribution in [3.05, 3.63) is 456 Å². The lowest BCUT2D eigenvalue weighted by atomic mass is 9.98. The van der Waals surface area contributed by atoms with Crippen molar-refractivity contribution in [2.45, 2.75) is 62.3 Å². The standard InChI is InChI=1S/C17H14.3C13H12.2C11H10.C8H7N.C7H7F.C7H8/c1-13-9-11-15(12-10-13)17-8-4-6-14-5-2-3-7-16(14)17;1-11-7-5-6-10-13(11)12-8-3-2-4-9-12;1-11-6-5-9-13(10-11)12-7-3-2-4-8-12;1-11-7-9-13(10-8-11)12-5-3-2-4-6-12;1-9-5-4-7-10-6-2-3-8-11(9)10;1-9-6-7-10-4-2-3-5-11(10)8-9;1-7-2-4-8(6-9)5-3-7;1-6-2-4-7(8)5-3-6;1-7-5-3-2-4-6-7/h2-12H,1H3;3*2-10H,1H3;2*2-8H,1H3;2-5H,1H3;2-5H,1H3;2-6H,1H3. The summed E-state index contributed by atoms with van der Waals surface area (Å²) in [5.41, 5.74) is 22.6. The van der Waals surface area contributed by atoms with Gasteiger partial charge in [0.15, 0.2) is 0 Å². The van der Waals surface area contributed by atoms with E-state index in [-0.39, 0.29) is 5.82 Å². The summed E-state index contributed by atoms with van der Waals surface area (Å²) in [6.45, 7) is 18.8. The van der Waals surface area contributed by atoms with Crippen LogP contribution in [0, 0.1) is 79.5 Å². The van der Waals surface area contributed by atoms with E-state index in [0.29, 0.717) is 0 Å². The second kappa shape index (κ2) is 41.2. The van der Waals surface area contributed by atoms with Crippen molar-refractivity contribution in [3.63, 3.8) is 0 Å². The molecule has 0 aliphatic heterocycles. The number of aryl methyl sites for hydroxylation is 9. The lowest BCUT2D eigenvalue weighted by molar-refractivity contribution is 0.627. The molecule has 504 valence electrons. The van der Waals surface area contributed by atoms with Gasteiger partial charge in [-0.15, -0.1) is 0 Å². The van der Waals surface area contributed by atoms with Crippen LogP contribution in [-0.2, 0) is 0 Å². The van der Waals surface area contributed by atoms with Crippen molar-refractivity contribution in [1.29, 1.82) is 5.26 Å². The SMILES string of the molecule is Cc1ccc(-c2cccc3ccccc23)cc1.Cc1ccc(-c2ccccc2)cc1.Cc1ccc(C#N)cc1.Cc1ccc(F)cc1.Cc1ccc2ccccc2c1.Cc1cccc(-c2ccccc2)c1.Cc1cccc2ccccc12.Cc1ccccc1.Cc1ccccc1-c1ccccc1. The van der Waals surface area contributed by atoms with Gasteiger partial charge >= 0.3 is 0 Å². The molecule has 0 aliphatic rings. The highest BCUT2D eigenvalue weighted by Gasteiger charge is 2.04. The Balaban J connectivity index is 0.000000147. The Hall–Kier alpha value is -12.3. The third-order valence-electron chi connectivity index (χ3n) is 16.7. The van der Waals surface area contributed by atoms with Gasteiger partial charge in [-0.1, -0.05) is 409 Å². The van der Waals surface area contributed by atoms with Crippen molar-refractivity contribution in [3.8, 4) is 50.6 Å². The largest absolute Gasteiger partial charge is 0.207 e. The zero-order valence-corrected chi connectivity index (χ0v) is 60.4. The van der Waals surface area contributed by atoms with Gasteiger partial charge in [0.2, 0.25) is 0 Å². The summed E-state index contributed by atoms with van der Waals surface area (Å²) in [7, 11) is 0. The summed E-state index contributed by atoms with van der Waals surface area (Å²) in [5.74, 6) is -0.171. The van der Waals surface area contributed by atoms with E-state index in [1.807, 2.05) is 74.5 Å². The number of nitrogens with zero attached hydrogens (tertiary/aromatic N) is 1. The minimum absolute atomic E-state index is 0.171. The monoisotopic (exact) mass is 1330 g/mol. The maximum atomic E-state index is 12.1. The molecule has 0 saturated heterocycles. The van der Waals surface area contributed by atoms with Gasteiger partial charge in [-0.25, -0.2) is 4.39 Å². The molecule has 2 heteroatoms. The van der Waals surface area contributed by atoms with E-state index < -0.39 is 0 Å². The molecule has 0 saturated carbocycles. The summed E-state index contributed by atoms with van der Waals surface area (Å²) < 4.78 is 12.1. The fourth-order valence-corrected chi connectivity index (χ4v) is 10.9. The van der Waals surface area contributed by atoms with E-state index in [4.69, 9.17) is 5.26 Å². The molecule has 0 aromatic heterocycles. The van der Waals surface area contributed by atoms with Gasteiger partial charge in [0.05, 0.1) is 11.6 Å². The Bertz CT molecular complexity index is 5060. The van der Waals surface area contributed by atoms with Crippen LogP contribution in [0.15, 0.2) is 394 Å². The number of nitriles is 1. The second-order valence-corrected chi connectivity index (χ2v) is 25.1. The summed E-state index contributed by atoms with van der Waals surface area (Å²) in [5, 5.41) is 16.3.